The molecular formula is C21H27FN2O2. The van der Waals surface area contributed by atoms with Crippen molar-refractivity contribution in [2.45, 2.75) is 32.9 Å². The number of urea groups is 1. The molecule has 0 radical (unpaired) electrons. The summed E-state index contributed by atoms with van der Waals surface area (Å²) in [5.41, 5.74) is 3.15. The van der Waals surface area contributed by atoms with Crippen LogP contribution in [0.3, 0.4) is 0 Å². The number of hydrogen-bond acceptors (Lipinski definition) is 2. The van der Waals surface area contributed by atoms with E-state index in [4.69, 9.17) is 4.74 Å². The van der Waals surface area contributed by atoms with E-state index < -0.39 is 0 Å². The molecular weight excluding hydrogens is 331 g/mol. The lowest BCUT2D eigenvalue weighted by Crippen LogP contribution is -2.42. The second kappa shape index (κ2) is 9.92. The molecule has 1 unspecified atom stereocenters. The van der Waals surface area contributed by atoms with Gasteiger partial charge in [-0.3, -0.25) is 0 Å². The van der Waals surface area contributed by atoms with Gasteiger partial charge in [0.25, 0.3) is 0 Å². The number of nitrogens with zero attached hydrogens (tertiary/aromatic N) is 1. The van der Waals surface area contributed by atoms with Gasteiger partial charge < -0.3 is 15.0 Å². The van der Waals surface area contributed by atoms with E-state index in [-0.39, 0.29) is 17.9 Å². The van der Waals surface area contributed by atoms with Gasteiger partial charge in [-0.25, -0.2) is 9.18 Å². The average molecular weight is 358 g/mol. The van der Waals surface area contributed by atoms with Crippen LogP contribution in [-0.4, -0.2) is 31.2 Å². The SMILES string of the molecule is CCC(NC(=O)N(CCOC)Cc1ccc(F)cc1)c1ccc(C)cc1. The molecule has 0 aliphatic rings. The molecule has 5 heteroatoms. The normalized spacial score (nSPS) is 11.8. The monoisotopic (exact) mass is 358 g/mol. The number of nitrogens with one attached hydrogen (secondary N) is 1. The van der Waals surface area contributed by atoms with Gasteiger partial charge in [0.05, 0.1) is 12.6 Å². The predicted octanol–water partition coefficient (Wildman–Crippen LogP) is 4.44. The van der Waals surface area contributed by atoms with Crippen molar-refractivity contribution in [1.29, 1.82) is 0 Å². The third kappa shape index (κ3) is 5.85. The summed E-state index contributed by atoms with van der Waals surface area (Å²) in [7, 11) is 1.61. The zero-order chi connectivity index (χ0) is 18.9. The van der Waals surface area contributed by atoms with E-state index in [9.17, 15) is 9.18 Å². The Morgan fingerprint density at radius 3 is 2.38 bits per heavy atom. The Morgan fingerprint density at radius 2 is 1.81 bits per heavy atom. The molecule has 0 aliphatic heterocycles. The first kappa shape index (κ1) is 19.9. The van der Waals surface area contributed by atoms with Crippen molar-refractivity contribution in [2.24, 2.45) is 0 Å². The Kier molecular flexibility index (Phi) is 7.60. The summed E-state index contributed by atoms with van der Waals surface area (Å²) in [6, 6.07) is 14.2. The Morgan fingerprint density at radius 1 is 1.15 bits per heavy atom. The maximum Gasteiger partial charge on any atom is 0.318 e. The molecule has 2 aromatic carbocycles. The summed E-state index contributed by atoms with van der Waals surface area (Å²) in [5.74, 6) is -0.285. The number of halogens is 1. The number of aryl methyl sites for hydroxylation is 1. The van der Waals surface area contributed by atoms with E-state index >= 15 is 0 Å². The molecule has 0 bridgehead atoms. The number of methoxy groups -OCH3 is 1. The topological polar surface area (TPSA) is 41.6 Å². The van der Waals surface area contributed by atoms with Crippen LogP contribution in [0, 0.1) is 12.7 Å². The van der Waals surface area contributed by atoms with Crippen molar-refractivity contribution in [3.63, 3.8) is 0 Å². The Labute approximate surface area is 155 Å². The van der Waals surface area contributed by atoms with Crippen LogP contribution in [0.4, 0.5) is 9.18 Å². The largest absolute Gasteiger partial charge is 0.383 e. The maximum atomic E-state index is 13.1. The van der Waals surface area contributed by atoms with E-state index in [1.807, 2.05) is 38.1 Å². The van der Waals surface area contributed by atoms with Crippen LogP contribution in [0.1, 0.15) is 36.1 Å². The number of carbonyl (C=O) groups is 1. The van der Waals surface area contributed by atoms with Crippen LogP contribution in [0.25, 0.3) is 0 Å². The molecule has 2 amide bonds. The number of amides is 2. The summed E-state index contributed by atoms with van der Waals surface area (Å²) in [5, 5.41) is 3.10. The number of hydrogen-bond donors (Lipinski definition) is 1. The minimum absolute atomic E-state index is 0.0543. The highest BCUT2D eigenvalue weighted by molar-refractivity contribution is 5.74. The molecule has 0 saturated carbocycles. The van der Waals surface area contributed by atoms with Gasteiger partial charge in [0.2, 0.25) is 0 Å². The fourth-order valence-electron chi connectivity index (χ4n) is 2.72. The predicted molar refractivity (Wildman–Crippen MR) is 101 cm³/mol. The van der Waals surface area contributed by atoms with Crippen LogP contribution >= 0.6 is 0 Å². The van der Waals surface area contributed by atoms with Gasteiger partial charge in [-0.1, -0.05) is 48.9 Å². The molecule has 0 aliphatic carbocycles. The van der Waals surface area contributed by atoms with Crippen molar-refractivity contribution in [2.75, 3.05) is 20.3 Å². The first-order valence-electron chi connectivity index (χ1n) is 8.89. The van der Waals surface area contributed by atoms with Crippen molar-refractivity contribution in [1.82, 2.24) is 10.2 Å². The highest BCUT2D eigenvalue weighted by Gasteiger charge is 2.18. The van der Waals surface area contributed by atoms with Crippen molar-refractivity contribution in [3.05, 3.63) is 71.0 Å². The lowest BCUT2D eigenvalue weighted by Gasteiger charge is -2.26. The lowest BCUT2D eigenvalue weighted by atomic mass is 10.0. The minimum atomic E-state index is -0.285. The third-order valence-electron chi connectivity index (χ3n) is 4.32. The molecule has 4 nitrogen and oxygen atoms in total. The number of rotatable bonds is 8. The van der Waals surface area contributed by atoms with E-state index in [1.54, 1.807) is 24.1 Å². The molecule has 0 heterocycles. The number of ether oxygens (including phenoxy) is 1. The van der Waals surface area contributed by atoms with Crippen LogP contribution < -0.4 is 5.32 Å². The van der Waals surface area contributed by atoms with Crippen molar-refractivity contribution >= 4 is 6.03 Å². The molecule has 140 valence electrons. The van der Waals surface area contributed by atoms with Gasteiger partial charge in [0, 0.05) is 20.2 Å². The van der Waals surface area contributed by atoms with E-state index in [0.717, 1.165) is 17.5 Å². The lowest BCUT2D eigenvalue weighted by molar-refractivity contribution is 0.144. The zero-order valence-electron chi connectivity index (χ0n) is 15.7. The molecule has 2 rings (SSSR count). The molecule has 0 saturated heterocycles. The third-order valence-corrected chi connectivity index (χ3v) is 4.32. The number of benzene rings is 2. The van der Waals surface area contributed by atoms with Gasteiger partial charge in [-0.2, -0.15) is 0 Å². The average Bonchev–Trinajstić information content (AvgIpc) is 2.65. The van der Waals surface area contributed by atoms with Gasteiger partial charge in [0.1, 0.15) is 5.82 Å². The van der Waals surface area contributed by atoms with Gasteiger partial charge in [-0.05, 0) is 36.6 Å². The Hall–Kier alpha value is -2.40. The van der Waals surface area contributed by atoms with Gasteiger partial charge in [0.15, 0.2) is 0 Å². The smallest absolute Gasteiger partial charge is 0.318 e. The summed E-state index contributed by atoms with van der Waals surface area (Å²) in [4.78, 5) is 14.5. The molecule has 2 aromatic rings. The highest BCUT2D eigenvalue weighted by Crippen LogP contribution is 2.18. The molecule has 0 spiro atoms. The maximum absolute atomic E-state index is 13.1. The first-order chi connectivity index (χ1) is 12.5. The van der Waals surface area contributed by atoms with Gasteiger partial charge in [-0.15, -0.1) is 0 Å². The Bertz CT molecular complexity index is 686. The molecule has 26 heavy (non-hydrogen) atoms. The standard InChI is InChI=1S/C21H27FN2O2/c1-4-20(18-9-5-16(2)6-10-18)23-21(25)24(13-14-26-3)15-17-7-11-19(22)12-8-17/h5-12,20H,4,13-15H2,1-3H3,(H,23,25). The fraction of sp³-hybridized carbons (Fsp3) is 0.381. The Balaban J connectivity index is 2.08. The fourth-order valence-corrected chi connectivity index (χ4v) is 2.72. The van der Waals surface area contributed by atoms with Crippen LogP contribution in [-0.2, 0) is 11.3 Å². The second-order valence-electron chi connectivity index (χ2n) is 6.36. The number of carbonyl (C=O) groups excluding carboxylic acids is 1. The second-order valence-corrected chi connectivity index (χ2v) is 6.36. The summed E-state index contributed by atoms with van der Waals surface area (Å²) in [6.07, 6.45) is 0.795. The van der Waals surface area contributed by atoms with Crippen molar-refractivity contribution < 1.29 is 13.9 Å². The summed E-state index contributed by atoms with van der Waals surface area (Å²) < 4.78 is 18.2. The van der Waals surface area contributed by atoms with Crippen molar-refractivity contribution in [3.8, 4) is 0 Å². The zero-order valence-corrected chi connectivity index (χ0v) is 15.7. The molecule has 0 aromatic heterocycles. The van der Waals surface area contributed by atoms with Crippen LogP contribution in [0.5, 0.6) is 0 Å². The van der Waals surface area contributed by atoms with E-state index in [1.165, 1.54) is 17.7 Å². The van der Waals surface area contributed by atoms with Crippen LogP contribution in [0.2, 0.25) is 0 Å². The minimum Gasteiger partial charge on any atom is -0.383 e. The first-order valence-corrected chi connectivity index (χ1v) is 8.89. The van der Waals surface area contributed by atoms with E-state index in [2.05, 4.69) is 5.32 Å². The van der Waals surface area contributed by atoms with E-state index in [0.29, 0.717) is 19.7 Å². The van der Waals surface area contributed by atoms with Gasteiger partial charge >= 0.3 is 6.03 Å². The summed E-state index contributed by atoms with van der Waals surface area (Å²) in [6.45, 7) is 5.39. The molecule has 1 atom stereocenters. The molecule has 1 N–H and O–H groups in total. The van der Waals surface area contributed by atoms with Crippen LogP contribution in [0.15, 0.2) is 48.5 Å². The quantitative estimate of drug-likeness (QED) is 0.758. The highest BCUT2D eigenvalue weighted by atomic mass is 19.1. The molecule has 0 fully saturated rings. The summed E-state index contributed by atoms with van der Waals surface area (Å²) >= 11 is 0.